The number of carboxylic acid groups (broad SMARTS) is 1. The van der Waals surface area contributed by atoms with Crippen molar-refractivity contribution < 1.29 is 44.6 Å². The van der Waals surface area contributed by atoms with E-state index in [2.05, 4.69) is 4.74 Å². The lowest BCUT2D eigenvalue weighted by molar-refractivity contribution is -0.242. The monoisotopic (exact) mass is 270 g/mol. The van der Waals surface area contributed by atoms with Crippen LogP contribution in [0.2, 0.25) is 0 Å². The highest BCUT2D eigenvalue weighted by Crippen LogP contribution is 2.26. The molecule has 7 atom stereocenters. The number of carboxylic acids is 1. The Labute approximate surface area is 101 Å². The molecule has 0 aliphatic carbocycles. The van der Waals surface area contributed by atoms with Crippen LogP contribution >= 0.6 is 0 Å². The number of carbonyl (C=O) groups is 1. The normalized spacial score (nSPS) is 40.2. The van der Waals surface area contributed by atoms with E-state index in [1.807, 2.05) is 0 Å². The van der Waals surface area contributed by atoms with Crippen molar-refractivity contribution in [2.75, 3.05) is 6.61 Å². The lowest BCUT2D eigenvalue weighted by Gasteiger charge is -2.40. The molecule has 1 aliphatic heterocycles. The van der Waals surface area contributed by atoms with Crippen molar-refractivity contribution in [3.05, 3.63) is 0 Å². The van der Waals surface area contributed by atoms with E-state index in [4.69, 9.17) is 15.3 Å². The van der Waals surface area contributed by atoms with Gasteiger partial charge in [-0.25, -0.2) is 9.18 Å². The van der Waals surface area contributed by atoms with Gasteiger partial charge in [0.1, 0.15) is 30.5 Å². The molecule has 1 aliphatic rings. The summed E-state index contributed by atoms with van der Waals surface area (Å²) < 4.78 is 18.0. The molecule has 18 heavy (non-hydrogen) atoms. The molecule has 8 nitrogen and oxygen atoms in total. The van der Waals surface area contributed by atoms with Crippen molar-refractivity contribution in [2.24, 2.45) is 0 Å². The zero-order valence-corrected chi connectivity index (χ0v) is 9.13. The van der Waals surface area contributed by atoms with Gasteiger partial charge >= 0.3 is 5.97 Å². The van der Waals surface area contributed by atoms with E-state index in [0.29, 0.717) is 0 Å². The van der Waals surface area contributed by atoms with Crippen LogP contribution < -0.4 is 0 Å². The number of aliphatic hydroxyl groups is 5. The molecule has 0 aromatic heterocycles. The van der Waals surface area contributed by atoms with Crippen LogP contribution in [0.4, 0.5) is 4.39 Å². The van der Waals surface area contributed by atoms with Crippen LogP contribution in [0.15, 0.2) is 0 Å². The van der Waals surface area contributed by atoms with Crippen LogP contribution in [0.25, 0.3) is 0 Å². The Balaban J connectivity index is 2.88. The molecule has 7 unspecified atom stereocenters. The number of aliphatic hydroxyl groups excluding tert-OH is 5. The van der Waals surface area contributed by atoms with Crippen molar-refractivity contribution in [3.8, 4) is 0 Å². The highest BCUT2D eigenvalue weighted by molar-refractivity contribution is 5.73. The van der Waals surface area contributed by atoms with Gasteiger partial charge in [-0.15, -0.1) is 0 Å². The molecule has 1 saturated heterocycles. The van der Waals surface area contributed by atoms with E-state index < -0.39 is 55.4 Å². The first-order chi connectivity index (χ1) is 8.31. The second-order valence-electron chi connectivity index (χ2n) is 4.03. The third kappa shape index (κ3) is 2.76. The van der Waals surface area contributed by atoms with Crippen LogP contribution in [-0.2, 0) is 9.53 Å². The molecule has 0 aromatic carbocycles. The highest BCUT2D eigenvalue weighted by atomic mass is 19.1. The molecule has 0 bridgehead atoms. The van der Waals surface area contributed by atoms with Crippen molar-refractivity contribution >= 4 is 5.97 Å². The van der Waals surface area contributed by atoms with Crippen LogP contribution in [0, 0.1) is 0 Å². The lowest BCUT2D eigenvalue weighted by Crippen LogP contribution is -2.63. The zero-order chi connectivity index (χ0) is 14.0. The molecule has 9 heteroatoms. The first-order valence-corrected chi connectivity index (χ1v) is 5.16. The average molecular weight is 270 g/mol. The predicted octanol–water partition coefficient (Wildman–Crippen LogP) is -3.39. The van der Waals surface area contributed by atoms with Gasteiger partial charge in [-0.3, -0.25) is 0 Å². The van der Waals surface area contributed by atoms with E-state index in [1.54, 1.807) is 0 Å². The smallest absolute Gasteiger partial charge is 0.336 e. The first kappa shape index (κ1) is 15.2. The molecule has 0 saturated carbocycles. The fourth-order valence-electron chi connectivity index (χ4n) is 1.69. The first-order valence-electron chi connectivity index (χ1n) is 5.16. The molecule has 0 spiro atoms. The van der Waals surface area contributed by atoms with Crippen LogP contribution in [0.1, 0.15) is 0 Å². The van der Waals surface area contributed by atoms with Gasteiger partial charge in [0.25, 0.3) is 0 Å². The van der Waals surface area contributed by atoms with Gasteiger partial charge in [0, 0.05) is 0 Å². The molecule has 0 amide bonds. The summed E-state index contributed by atoms with van der Waals surface area (Å²) in [5.41, 5.74) is 0. The summed E-state index contributed by atoms with van der Waals surface area (Å²) in [7, 11) is 0. The van der Waals surface area contributed by atoms with Crippen molar-refractivity contribution in [1.29, 1.82) is 0 Å². The fraction of sp³-hybridized carbons (Fsp3) is 0.889. The second-order valence-corrected chi connectivity index (χ2v) is 4.03. The number of rotatable bonds is 4. The van der Waals surface area contributed by atoms with Crippen LogP contribution in [0.3, 0.4) is 0 Å². The molecule has 1 fully saturated rings. The quantitative estimate of drug-likeness (QED) is 0.310. The summed E-state index contributed by atoms with van der Waals surface area (Å²) >= 11 is 0. The Bertz CT molecular complexity index is 296. The number of hydrogen-bond donors (Lipinski definition) is 6. The highest BCUT2D eigenvalue weighted by Gasteiger charge is 2.51. The molecule has 1 heterocycles. The number of hydrogen-bond acceptors (Lipinski definition) is 7. The van der Waals surface area contributed by atoms with Gasteiger partial charge in [-0.2, -0.15) is 0 Å². The van der Waals surface area contributed by atoms with Gasteiger partial charge < -0.3 is 35.4 Å². The standard InChI is InChI=1S/C9H15FO8/c10-3-5(14)6(15)8(4(13)2(12)1-11)18-7(3)9(16)17/h2-8,11-15H,1H2,(H,16,17). The SMILES string of the molecule is O=C(O)C1OC(C(O)C(O)CO)C(O)C(O)C1F. The summed E-state index contributed by atoms with van der Waals surface area (Å²) in [6, 6.07) is 0. The average Bonchev–Trinajstić information content (AvgIpc) is 2.34. The van der Waals surface area contributed by atoms with Crippen LogP contribution in [0.5, 0.6) is 0 Å². The summed E-state index contributed by atoms with van der Waals surface area (Å²) in [5.74, 6) is -1.72. The largest absolute Gasteiger partial charge is 0.479 e. The zero-order valence-electron chi connectivity index (χ0n) is 9.13. The summed E-state index contributed by atoms with van der Waals surface area (Å²) in [5, 5.41) is 54.7. The maximum atomic E-state index is 13.4. The lowest BCUT2D eigenvalue weighted by atomic mass is 9.91. The maximum Gasteiger partial charge on any atom is 0.336 e. The van der Waals surface area contributed by atoms with Gasteiger partial charge in [0.05, 0.1) is 6.61 Å². The molecular formula is C9H15FO8. The summed E-state index contributed by atoms with van der Waals surface area (Å²) in [4.78, 5) is 10.7. The minimum atomic E-state index is -2.37. The minimum Gasteiger partial charge on any atom is -0.479 e. The van der Waals surface area contributed by atoms with E-state index in [9.17, 15) is 24.5 Å². The number of ether oxygens (including phenoxy) is 1. The van der Waals surface area contributed by atoms with Gasteiger partial charge in [-0.1, -0.05) is 0 Å². The molecular weight excluding hydrogens is 255 g/mol. The Hall–Kier alpha value is -0.840. The van der Waals surface area contributed by atoms with Crippen molar-refractivity contribution in [2.45, 2.75) is 42.8 Å². The Morgan fingerprint density at radius 1 is 1.28 bits per heavy atom. The van der Waals surface area contributed by atoms with E-state index in [1.165, 1.54) is 0 Å². The molecule has 106 valence electrons. The van der Waals surface area contributed by atoms with Crippen molar-refractivity contribution in [1.82, 2.24) is 0 Å². The predicted molar refractivity (Wildman–Crippen MR) is 52.3 cm³/mol. The fourth-order valence-corrected chi connectivity index (χ4v) is 1.69. The number of aliphatic carboxylic acids is 1. The number of halogens is 1. The topological polar surface area (TPSA) is 148 Å². The van der Waals surface area contributed by atoms with Crippen molar-refractivity contribution in [3.63, 3.8) is 0 Å². The van der Waals surface area contributed by atoms with Gasteiger partial charge in [0.2, 0.25) is 0 Å². The van der Waals surface area contributed by atoms with Gasteiger partial charge in [0.15, 0.2) is 12.3 Å². The second kappa shape index (κ2) is 5.87. The molecule has 0 radical (unpaired) electrons. The Morgan fingerprint density at radius 3 is 2.28 bits per heavy atom. The van der Waals surface area contributed by atoms with E-state index in [-0.39, 0.29) is 0 Å². The third-order valence-electron chi connectivity index (χ3n) is 2.77. The minimum absolute atomic E-state index is 0.874. The molecule has 1 rings (SSSR count). The summed E-state index contributed by atoms with van der Waals surface area (Å²) in [6.45, 7) is -0.874. The molecule has 0 aromatic rings. The Kier molecular flexibility index (Phi) is 4.96. The summed E-state index contributed by atoms with van der Waals surface area (Å²) in [6.07, 6.45) is -13.8. The number of alkyl halides is 1. The maximum absolute atomic E-state index is 13.4. The van der Waals surface area contributed by atoms with Crippen LogP contribution in [-0.4, -0.2) is 86.0 Å². The van der Waals surface area contributed by atoms with E-state index in [0.717, 1.165) is 0 Å². The van der Waals surface area contributed by atoms with Gasteiger partial charge in [-0.05, 0) is 0 Å². The van der Waals surface area contributed by atoms with E-state index >= 15 is 0 Å². The Morgan fingerprint density at radius 2 is 1.83 bits per heavy atom. The third-order valence-corrected chi connectivity index (χ3v) is 2.77. The molecule has 6 N–H and O–H groups in total.